The largest absolute Gasteiger partial charge is 0.395 e. The van der Waals surface area contributed by atoms with Crippen LogP contribution in [-0.2, 0) is 6.42 Å². The minimum atomic E-state index is -0.243. The van der Waals surface area contributed by atoms with Crippen molar-refractivity contribution < 1.29 is 9.90 Å². The Labute approximate surface area is 118 Å². The van der Waals surface area contributed by atoms with Crippen LogP contribution in [0.15, 0.2) is 42.5 Å². The van der Waals surface area contributed by atoms with E-state index < -0.39 is 0 Å². The van der Waals surface area contributed by atoms with Crippen molar-refractivity contribution in [1.29, 1.82) is 0 Å². The Kier molecular flexibility index (Phi) is 4.96. The van der Waals surface area contributed by atoms with Crippen LogP contribution >= 0.6 is 0 Å². The number of fused-ring (bicyclic) bond motifs is 1. The van der Waals surface area contributed by atoms with Crippen molar-refractivity contribution in [2.75, 3.05) is 13.2 Å². The molecule has 0 aliphatic rings. The molecule has 2 rings (SSSR count). The van der Waals surface area contributed by atoms with Gasteiger partial charge in [0.1, 0.15) is 0 Å². The number of amides is 2. The maximum absolute atomic E-state index is 11.5. The van der Waals surface area contributed by atoms with E-state index in [-0.39, 0.29) is 25.2 Å². The molecule has 0 fully saturated rings. The van der Waals surface area contributed by atoms with Crippen LogP contribution in [0.3, 0.4) is 0 Å². The van der Waals surface area contributed by atoms with E-state index in [1.807, 2.05) is 19.1 Å². The zero-order valence-corrected chi connectivity index (χ0v) is 11.6. The van der Waals surface area contributed by atoms with Crippen LogP contribution in [0.5, 0.6) is 0 Å². The molecule has 0 radical (unpaired) electrons. The highest BCUT2D eigenvalue weighted by molar-refractivity contribution is 5.83. The topological polar surface area (TPSA) is 61.4 Å². The molecule has 2 aromatic carbocycles. The van der Waals surface area contributed by atoms with Gasteiger partial charge in [0.05, 0.1) is 6.61 Å². The van der Waals surface area contributed by atoms with Crippen molar-refractivity contribution in [3.63, 3.8) is 0 Å². The van der Waals surface area contributed by atoms with Crippen molar-refractivity contribution in [2.45, 2.75) is 19.4 Å². The van der Waals surface area contributed by atoms with Crippen molar-refractivity contribution in [1.82, 2.24) is 10.6 Å². The number of rotatable bonds is 5. The third kappa shape index (κ3) is 3.96. The lowest BCUT2D eigenvalue weighted by Gasteiger charge is -2.14. The minimum Gasteiger partial charge on any atom is -0.395 e. The van der Waals surface area contributed by atoms with E-state index in [0.717, 1.165) is 6.42 Å². The SMILES string of the molecule is CC(Cc1ccc2ccccc2c1)NC(=O)NCCO. The van der Waals surface area contributed by atoms with Gasteiger partial charge in [-0.3, -0.25) is 0 Å². The van der Waals surface area contributed by atoms with E-state index in [4.69, 9.17) is 5.11 Å². The zero-order valence-electron chi connectivity index (χ0n) is 11.6. The molecule has 0 aromatic heterocycles. The van der Waals surface area contributed by atoms with Crippen molar-refractivity contribution in [3.05, 3.63) is 48.0 Å². The molecular formula is C16H20N2O2. The first kappa shape index (κ1) is 14.3. The molecular weight excluding hydrogens is 252 g/mol. The van der Waals surface area contributed by atoms with Crippen LogP contribution in [0, 0.1) is 0 Å². The van der Waals surface area contributed by atoms with Gasteiger partial charge in [0, 0.05) is 12.6 Å². The number of benzene rings is 2. The van der Waals surface area contributed by atoms with Crippen molar-refractivity contribution in [2.24, 2.45) is 0 Å². The molecule has 0 aliphatic carbocycles. The standard InChI is InChI=1S/C16H20N2O2/c1-12(18-16(20)17-8-9-19)10-13-6-7-14-4-2-3-5-15(14)11-13/h2-7,11-12,19H,8-10H2,1H3,(H2,17,18,20). The zero-order chi connectivity index (χ0) is 14.4. The third-order valence-corrected chi connectivity index (χ3v) is 3.13. The first-order chi connectivity index (χ1) is 9.69. The van der Waals surface area contributed by atoms with Crippen LogP contribution < -0.4 is 10.6 Å². The summed E-state index contributed by atoms with van der Waals surface area (Å²) >= 11 is 0. The van der Waals surface area contributed by atoms with Gasteiger partial charge < -0.3 is 15.7 Å². The summed E-state index contributed by atoms with van der Waals surface area (Å²) < 4.78 is 0. The lowest BCUT2D eigenvalue weighted by molar-refractivity contribution is 0.231. The quantitative estimate of drug-likeness (QED) is 0.780. The fraction of sp³-hybridized carbons (Fsp3) is 0.312. The van der Waals surface area contributed by atoms with Gasteiger partial charge in [-0.15, -0.1) is 0 Å². The molecule has 1 atom stereocenters. The predicted molar refractivity (Wildman–Crippen MR) is 80.7 cm³/mol. The molecule has 2 amide bonds. The summed E-state index contributed by atoms with van der Waals surface area (Å²) in [5, 5.41) is 16.5. The Hall–Kier alpha value is -2.07. The molecule has 0 saturated heterocycles. The van der Waals surface area contributed by atoms with E-state index >= 15 is 0 Å². The molecule has 0 saturated carbocycles. The van der Waals surface area contributed by atoms with E-state index in [1.54, 1.807) is 0 Å². The third-order valence-electron chi connectivity index (χ3n) is 3.13. The average molecular weight is 272 g/mol. The lowest BCUT2D eigenvalue weighted by Crippen LogP contribution is -2.42. The summed E-state index contributed by atoms with van der Waals surface area (Å²) in [6.07, 6.45) is 0.775. The van der Waals surface area contributed by atoms with Crippen molar-refractivity contribution >= 4 is 16.8 Å². The summed E-state index contributed by atoms with van der Waals surface area (Å²) in [6, 6.07) is 14.4. The fourth-order valence-electron chi connectivity index (χ4n) is 2.21. The van der Waals surface area contributed by atoms with Crippen LogP contribution in [0.1, 0.15) is 12.5 Å². The number of nitrogens with one attached hydrogen (secondary N) is 2. The molecule has 0 aliphatic heterocycles. The molecule has 0 heterocycles. The lowest BCUT2D eigenvalue weighted by atomic mass is 10.0. The van der Waals surface area contributed by atoms with Gasteiger partial charge in [-0.25, -0.2) is 4.79 Å². The first-order valence-electron chi connectivity index (χ1n) is 6.82. The molecule has 0 bridgehead atoms. The van der Waals surface area contributed by atoms with Gasteiger partial charge in [-0.2, -0.15) is 0 Å². The molecule has 3 N–H and O–H groups in total. The van der Waals surface area contributed by atoms with Gasteiger partial charge in [0.25, 0.3) is 0 Å². The van der Waals surface area contributed by atoms with Gasteiger partial charge in [-0.05, 0) is 29.7 Å². The first-order valence-corrected chi connectivity index (χ1v) is 6.82. The Morgan fingerprint density at radius 3 is 2.70 bits per heavy atom. The Morgan fingerprint density at radius 2 is 1.95 bits per heavy atom. The van der Waals surface area contributed by atoms with Gasteiger partial charge in [0.15, 0.2) is 0 Å². The second-order valence-corrected chi connectivity index (χ2v) is 4.91. The molecule has 2 aromatic rings. The van der Waals surface area contributed by atoms with E-state index in [9.17, 15) is 4.79 Å². The summed E-state index contributed by atoms with van der Waals surface area (Å²) in [5.74, 6) is 0. The Balaban J connectivity index is 1.95. The highest BCUT2D eigenvalue weighted by Crippen LogP contribution is 2.16. The van der Waals surface area contributed by atoms with E-state index in [1.165, 1.54) is 16.3 Å². The van der Waals surface area contributed by atoms with Crippen LogP contribution in [-0.4, -0.2) is 30.3 Å². The molecule has 0 spiro atoms. The average Bonchev–Trinajstić information content (AvgIpc) is 2.44. The fourth-order valence-corrected chi connectivity index (χ4v) is 2.21. The number of carbonyl (C=O) groups excluding carboxylic acids is 1. The highest BCUT2D eigenvalue weighted by Gasteiger charge is 2.07. The maximum atomic E-state index is 11.5. The van der Waals surface area contributed by atoms with E-state index in [2.05, 4.69) is 41.0 Å². The van der Waals surface area contributed by atoms with Gasteiger partial charge in [-0.1, -0.05) is 42.5 Å². The highest BCUT2D eigenvalue weighted by atomic mass is 16.3. The summed E-state index contributed by atoms with van der Waals surface area (Å²) in [6.45, 7) is 2.19. The van der Waals surface area contributed by atoms with Crippen LogP contribution in [0.4, 0.5) is 4.79 Å². The van der Waals surface area contributed by atoms with Crippen LogP contribution in [0.2, 0.25) is 0 Å². The molecule has 4 heteroatoms. The monoisotopic (exact) mass is 272 g/mol. The number of aliphatic hydroxyl groups is 1. The molecule has 106 valence electrons. The number of urea groups is 1. The van der Waals surface area contributed by atoms with Crippen LogP contribution in [0.25, 0.3) is 10.8 Å². The second-order valence-electron chi connectivity index (χ2n) is 4.91. The molecule has 20 heavy (non-hydrogen) atoms. The molecule has 4 nitrogen and oxygen atoms in total. The predicted octanol–water partition coefficient (Wildman–Crippen LogP) is 2.06. The second kappa shape index (κ2) is 6.91. The van der Waals surface area contributed by atoms with Crippen molar-refractivity contribution in [3.8, 4) is 0 Å². The number of hydrogen-bond donors (Lipinski definition) is 3. The van der Waals surface area contributed by atoms with Gasteiger partial charge in [0.2, 0.25) is 0 Å². The van der Waals surface area contributed by atoms with E-state index in [0.29, 0.717) is 0 Å². The number of carbonyl (C=O) groups is 1. The van der Waals surface area contributed by atoms with Gasteiger partial charge >= 0.3 is 6.03 Å². The maximum Gasteiger partial charge on any atom is 0.315 e. The number of aliphatic hydroxyl groups excluding tert-OH is 1. The smallest absolute Gasteiger partial charge is 0.315 e. The minimum absolute atomic E-state index is 0.0369. The Morgan fingerprint density at radius 1 is 1.20 bits per heavy atom. The normalized spacial score (nSPS) is 12.1. The Bertz CT molecular complexity index is 583. The summed E-state index contributed by atoms with van der Waals surface area (Å²) in [7, 11) is 0. The number of hydrogen-bond acceptors (Lipinski definition) is 2. The summed E-state index contributed by atoms with van der Waals surface area (Å²) in [5.41, 5.74) is 1.19. The summed E-state index contributed by atoms with van der Waals surface area (Å²) in [4.78, 5) is 11.5. The molecule has 1 unspecified atom stereocenters.